The summed E-state index contributed by atoms with van der Waals surface area (Å²) < 4.78 is 30.1. The van der Waals surface area contributed by atoms with E-state index in [0.717, 1.165) is 0 Å². The highest BCUT2D eigenvalue weighted by Crippen LogP contribution is 2.30. The quantitative estimate of drug-likeness (QED) is 0.842. The van der Waals surface area contributed by atoms with Gasteiger partial charge in [-0.15, -0.1) is 0 Å². The molecule has 0 saturated heterocycles. The van der Waals surface area contributed by atoms with Crippen LogP contribution in [0.2, 0.25) is 0 Å². The highest BCUT2D eigenvalue weighted by Gasteiger charge is 2.27. The highest BCUT2D eigenvalue weighted by molar-refractivity contribution is 5.28. The molecule has 0 spiro atoms. The van der Waals surface area contributed by atoms with Gasteiger partial charge in [-0.05, 0) is 24.1 Å². The van der Waals surface area contributed by atoms with Crippen molar-refractivity contribution >= 4 is 0 Å². The number of aliphatic hydroxyl groups excluding tert-OH is 1. The Balaban J connectivity index is 2.82. The van der Waals surface area contributed by atoms with Crippen molar-refractivity contribution in [3.05, 3.63) is 29.8 Å². The molecule has 4 heteroatoms. The summed E-state index contributed by atoms with van der Waals surface area (Å²) >= 11 is 0. The Labute approximate surface area is 93.9 Å². The Bertz CT molecular complexity index is 311. The molecular weight excluding hydrogens is 214 g/mol. The Morgan fingerprint density at radius 3 is 2.19 bits per heavy atom. The zero-order valence-corrected chi connectivity index (χ0v) is 9.36. The summed E-state index contributed by atoms with van der Waals surface area (Å²) in [7, 11) is 1.53. The van der Waals surface area contributed by atoms with Gasteiger partial charge in [-0.1, -0.05) is 19.1 Å². The maximum Gasteiger partial charge on any atom is 0.244 e. The Hall–Kier alpha value is -1.16. The van der Waals surface area contributed by atoms with Crippen molar-refractivity contribution in [1.82, 2.24) is 0 Å². The van der Waals surface area contributed by atoms with Crippen LogP contribution in [0.25, 0.3) is 0 Å². The second-order valence-electron chi connectivity index (χ2n) is 3.62. The molecule has 0 saturated carbocycles. The molecule has 0 fully saturated rings. The van der Waals surface area contributed by atoms with Gasteiger partial charge in [0.15, 0.2) is 0 Å². The number of hydrogen-bond acceptors (Lipinski definition) is 2. The molecule has 0 aromatic heterocycles. The van der Waals surface area contributed by atoms with Crippen LogP contribution >= 0.6 is 0 Å². The normalized spacial score (nSPS) is 14.9. The molecule has 1 aromatic rings. The van der Waals surface area contributed by atoms with Gasteiger partial charge < -0.3 is 9.84 Å². The smallest absolute Gasteiger partial charge is 0.244 e. The van der Waals surface area contributed by atoms with Gasteiger partial charge in [-0.2, -0.15) is 0 Å². The van der Waals surface area contributed by atoms with Crippen molar-refractivity contribution in [2.75, 3.05) is 7.11 Å². The third-order valence-electron chi connectivity index (χ3n) is 2.66. The van der Waals surface area contributed by atoms with Crippen LogP contribution in [0.3, 0.4) is 0 Å². The van der Waals surface area contributed by atoms with Gasteiger partial charge in [0.1, 0.15) is 5.75 Å². The minimum atomic E-state index is -2.51. The number of ether oxygens (including phenoxy) is 1. The van der Waals surface area contributed by atoms with Gasteiger partial charge in [-0.25, -0.2) is 8.78 Å². The zero-order valence-electron chi connectivity index (χ0n) is 9.36. The molecular formula is C12H16F2O2. The summed E-state index contributed by atoms with van der Waals surface area (Å²) in [5, 5.41) is 9.79. The van der Waals surface area contributed by atoms with Gasteiger partial charge >= 0.3 is 0 Å². The van der Waals surface area contributed by atoms with E-state index in [1.165, 1.54) is 7.11 Å². The number of benzene rings is 1. The summed E-state index contributed by atoms with van der Waals surface area (Å²) in [6.07, 6.45) is -3.40. The third kappa shape index (κ3) is 2.92. The third-order valence-corrected chi connectivity index (χ3v) is 2.66. The molecule has 0 aliphatic carbocycles. The molecule has 0 bridgehead atoms. The van der Waals surface area contributed by atoms with Crippen molar-refractivity contribution in [1.29, 1.82) is 0 Å². The van der Waals surface area contributed by atoms with Gasteiger partial charge in [0, 0.05) is 5.92 Å². The summed E-state index contributed by atoms with van der Waals surface area (Å²) in [4.78, 5) is 0. The fraction of sp³-hybridized carbons (Fsp3) is 0.500. The van der Waals surface area contributed by atoms with Crippen LogP contribution in [0.15, 0.2) is 24.3 Å². The van der Waals surface area contributed by atoms with Gasteiger partial charge in [0.2, 0.25) is 6.43 Å². The van der Waals surface area contributed by atoms with Gasteiger partial charge in [-0.3, -0.25) is 0 Å². The maximum absolute atomic E-state index is 12.6. The van der Waals surface area contributed by atoms with E-state index in [1.54, 1.807) is 31.2 Å². The van der Waals surface area contributed by atoms with Crippen LogP contribution in [0, 0.1) is 5.92 Å². The van der Waals surface area contributed by atoms with E-state index in [1.807, 2.05) is 0 Å². The van der Waals surface area contributed by atoms with Gasteiger partial charge in [0.05, 0.1) is 13.2 Å². The molecule has 90 valence electrons. The average Bonchev–Trinajstić information content (AvgIpc) is 2.29. The first kappa shape index (κ1) is 12.9. The molecule has 0 radical (unpaired) electrons. The molecule has 1 rings (SSSR count). The topological polar surface area (TPSA) is 29.5 Å². The highest BCUT2D eigenvalue weighted by atomic mass is 19.3. The van der Waals surface area contributed by atoms with Crippen LogP contribution in [0.5, 0.6) is 5.75 Å². The van der Waals surface area contributed by atoms with E-state index in [4.69, 9.17) is 4.74 Å². The van der Waals surface area contributed by atoms with E-state index in [9.17, 15) is 13.9 Å². The van der Waals surface area contributed by atoms with E-state index >= 15 is 0 Å². The average molecular weight is 230 g/mol. The van der Waals surface area contributed by atoms with Crippen LogP contribution in [-0.2, 0) is 0 Å². The van der Waals surface area contributed by atoms with E-state index in [0.29, 0.717) is 11.3 Å². The Morgan fingerprint density at radius 1 is 1.25 bits per heavy atom. The Kier molecular flexibility index (Phi) is 4.68. The molecule has 2 unspecified atom stereocenters. The minimum absolute atomic E-state index is 0.241. The largest absolute Gasteiger partial charge is 0.497 e. The number of hydrogen-bond donors (Lipinski definition) is 1. The number of halogens is 2. The molecule has 2 atom stereocenters. The lowest BCUT2D eigenvalue weighted by Gasteiger charge is -2.21. The van der Waals surface area contributed by atoms with Crippen LogP contribution < -0.4 is 4.74 Å². The molecule has 0 aliphatic rings. The van der Waals surface area contributed by atoms with Crippen molar-refractivity contribution in [2.45, 2.75) is 25.9 Å². The van der Waals surface area contributed by atoms with Crippen molar-refractivity contribution in [3.8, 4) is 5.75 Å². The summed E-state index contributed by atoms with van der Waals surface area (Å²) in [5.41, 5.74) is 0.493. The molecule has 0 aliphatic heterocycles. The predicted molar refractivity (Wildman–Crippen MR) is 57.7 cm³/mol. The Morgan fingerprint density at radius 2 is 1.81 bits per heavy atom. The monoisotopic (exact) mass is 230 g/mol. The number of aliphatic hydroxyl groups is 1. The van der Waals surface area contributed by atoms with Crippen LogP contribution in [-0.4, -0.2) is 18.6 Å². The molecule has 2 nitrogen and oxygen atoms in total. The second-order valence-corrected chi connectivity index (χ2v) is 3.62. The molecule has 1 aromatic carbocycles. The van der Waals surface area contributed by atoms with E-state index in [-0.39, 0.29) is 6.42 Å². The first-order valence-electron chi connectivity index (χ1n) is 5.20. The first-order valence-corrected chi connectivity index (χ1v) is 5.20. The SMILES string of the molecule is CCC(C(F)F)C(O)c1ccc(OC)cc1. The lowest BCUT2D eigenvalue weighted by molar-refractivity contribution is -0.0110. The van der Waals surface area contributed by atoms with E-state index in [2.05, 4.69) is 0 Å². The number of methoxy groups -OCH3 is 1. The lowest BCUT2D eigenvalue weighted by Crippen LogP contribution is -2.19. The fourth-order valence-corrected chi connectivity index (χ4v) is 1.59. The maximum atomic E-state index is 12.6. The summed E-state index contributed by atoms with van der Waals surface area (Å²) in [5.74, 6) is -0.380. The van der Waals surface area contributed by atoms with Crippen molar-refractivity contribution < 1.29 is 18.6 Å². The summed E-state index contributed by atoms with van der Waals surface area (Å²) in [6, 6.07) is 6.51. The van der Waals surface area contributed by atoms with Gasteiger partial charge in [0.25, 0.3) is 0 Å². The zero-order chi connectivity index (χ0) is 12.1. The standard InChI is InChI=1S/C12H16F2O2/c1-3-10(12(13)14)11(15)8-4-6-9(16-2)7-5-8/h4-7,10-12,15H,3H2,1-2H3. The number of rotatable bonds is 5. The second kappa shape index (κ2) is 5.80. The minimum Gasteiger partial charge on any atom is -0.497 e. The van der Waals surface area contributed by atoms with Crippen LogP contribution in [0.4, 0.5) is 8.78 Å². The van der Waals surface area contributed by atoms with Crippen LogP contribution in [0.1, 0.15) is 25.0 Å². The van der Waals surface area contributed by atoms with E-state index < -0.39 is 18.4 Å². The van der Waals surface area contributed by atoms with Crippen molar-refractivity contribution in [2.24, 2.45) is 5.92 Å². The lowest BCUT2D eigenvalue weighted by atomic mass is 9.94. The van der Waals surface area contributed by atoms with Crippen molar-refractivity contribution in [3.63, 3.8) is 0 Å². The molecule has 16 heavy (non-hydrogen) atoms. The summed E-state index contributed by atoms with van der Waals surface area (Å²) in [6.45, 7) is 1.64. The first-order chi connectivity index (χ1) is 7.60. The predicted octanol–water partition coefficient (Wildman–Crippen LogP) is 3.02. The number of alkyl halides is 2. The fourth-order valence-electron chi connectivity index (χ4n) is 1.59. The molecule has 1 N–H and O–H groups in total. The molecule has 0 heterocycles. The molecule has 0 amide bonds.